The first-order chi connectivity index (χ1) is 19.3. The number of halogens is 2. The molecule has 0 atom stereocenters. The van der Waals surface area contributed by atoms with Gasteiger partial charge in [-0.05, 0) is 78.4 Å². The van der Waals surface area contributed by atoms with Crippen LogP contribution in [0.5, 0.6) is 5.75 Å². The van der Waals surface area contributed by atoms with E-state index in [2.05, 4.69) is 37.1 Å². The minimum atomic E-state index is -1.04. The molecule has 0 spiro atoms. The lowest BCUT2D eigenvalue weighted by atomic mass is 10.1. The van der Waals surface area contributed by atoms with Crippen molar-refractivity contribution in [2.45, 2.75) is 0 Å². The smallest absolute Gasteiger partial charge is 0.345 e. The first-order valence-corrected chi connectivity index (χ1v) is 12.8. The minimum absolute atomic E-state index is 0.156. The highest BCUT2D eigenvalue weighted by molar-refractivity contribution is 9.10. The predicted molar refractivity (Wildman–Crippen MR) is 156 cm³/mol. The van der Waals surface area contributed by atoms with Gasteiger partial charge in [-0.2, -0.15) is 5.10 Å². The molecule has 0 fully saturated rings. The van der Waals surface area contributed by atoms with Crippen molar-refractivity contribution in [2.24, 2.45) is 5.10 Å². The van der Waals surface area contributed by atoms with Gasteiger partial charge in [-0.25, -0.2) is 10.2 Å². The number of hydrogen-bond donors (Lipinski definition) is 3. The summed E-state index contributed by atoms with van der Waals surface area (Å²) in [5.41, 5.74) is 3.83. The summed E-state index contributed by atoms with van der Waals surface area (Å²) in [5.74, 6) is -2.82. The first kappa shape index (κ1) is 28.2. The van der Waals surface area contributed by atoms with Gasteiger partial charge in [0.1, 0.15) is 5.75 Å². The average molecular weight is 620 g/mol. The highest BCUT2D eigenvalue weighted by Crippen LogP contribution is 2.20. The molecule has 0 bridgehead atoms. The summed E-state index contributed by atoms with van der Waals surface area (Å²) in [6.07, 6.45) is 1.31. The Labute approximate surface area is 242 Å². The quantitative estimate of drug-likeness (QED) is 0.0809. The van der Waals surface area contributed by atoms with Gasteiger partial charge in [0.15, 0.2) is 0 Å². The second-order valence-electron chi connectivity index (χ2n) is 8.10. The Morgan fingerprint density at radius 1 is 0.750 bits per heavy atom. The summed E-state index contributed by atoms with van der Waals surface area (Å²) in [5, 5.41) is 9.23. The number of carbonyl (C=O) groups excluding carboxylic acids is 4. The molecule has 9 nitrogen and oxygen atoms in total. The van der Waals surface area contributed by atoms with Crippen LogP contribution in [-0.2, 0) is 9.59 Å². The monoisotopic (exact) mass is 618 g/mol. The van der Waals surface area contributed by atoms with Crippen molar-refractivity contribution in [1.29, 1.82) is 0 Å². The summed E-state index contributed by atoms with van der Waals surface area (Å²) in [7, 11) is 0. The zero-order chi connectivity index (χ0) is 28.5. The fraction of sp³-hybridized carbons (Fsp3) is 0. The topological polar surface area (TPSA) is 126 Å². The fourth-order valence-electron chi connectivity index (χ4n) is 3.33. The molecule has 3 N–H and O–H groups in total. The van der Waals surface area contributed by atoms with Crippen molar-refractivity contribution < 1.29 is 23.9 Å². The maximum absolute atomic E-state index is 12.7. The van der Waals surface area contributed by atoms with Crippen LogP contribution in [0.1, 0.15) is 26.3 Å². The van der Waals surface area contributed by atoms with Crippen molar-refractivity contribution >= 4 is 68.8 Å². The third-order valence-electron chi connectivity index (χ3n) is 5.29. The highest BCUT2D eigenvalue weighted by Gasteiger charge is 2.18. The molecule has 0 unspecified atom stereocenters. The van der Waals surface area contributed by atoms with Crippen LogP contribution in [0.4, 0.5) is 11.4 Å². The number of carbonyl (C=O) groups is 4. The van der Waals surface area contributed by atoms with Gasteiger partial charge >= 0.3 is 17.8 Å². The Balaban J connectivity index is 1.31. The Kier molecular flexibility index (Phi) is 9.39. The standard InChI is InChI=1S/C29H20BrClN4O5/c30-19-11-13-20(14-12-19)33-26(36)23-6-2-4-8-25(23)34-27(37)28(38)35-32-17-18-9-15-21(16-10-18)40-29(39)22-5-1-3-7-24(22)31/h1-17H,(H,33,36)(H,34,37)(H,35,38)/b32-17-. The van der Waals surface area contributed by atoms with Crippen molar-refractivity contribution in [3.8, 4) is 5.75 Å². The van der Waals surface area contributed by atoms with E-state index in [4.69, 9.17) is 16.3 Å². The van der Waals surface area contributed by atoms with Gasteiger partial charge in [-0.1, -0.05) is 51.8 Å². The van der Waals surface area contributed by atoms with Gasteiger partial charge in [0, 0.05) is 10.2 Å². The van der Waals surface area contributed by atoms with Crippen LogP contribution in [0.25, 0.3) is 0 Å². The fourth-order valence-corrected chi connectivity index (χ4v) is 3.80. The van der Waals surface area contributed by atoms with Crippen molar-refractivity contribution in [3.05, 3.63) is 123 Å². The molecule has 0 aliphatic carbocycles. The van der Waals surface area contributed by atoms with Crippen LogP contribution in [0.3, 0.4) is 0 Å². The number of amides is 3. The Bertz CT molecular complexity index is 1590. The van der Waals surface area contributed by atoms with E-state index < -0.39 is 23.7 Å². The number of rotatable bonds is 7. The number of para-hydroxylation sites is 1. The van der Waals surface area contributed by atoms with E-state index in [0.29, 0.717) is 11.3 Å². The van der Waals surface area contributed by atoms with Crippen molar-refractivity contribution in [3.63, 3.8) is 0 Å². The lowest BCUT2D eigenvalue weighted by Gasteiger charge is -2.11. The molecule has 0 saturated heterocycles. The summed E-state index contributed by atoms with van der Waals surface area (Å²) >= 11 is 9.35. The maximum atomic E-state index is 12.7. The van der Waals surface area contributed by atoms with Gasteiger partial charge in [0.05, 0.1) is 28.1 Å². The Hall–Kier alpha value is -4.80. The molecule has 4 rings (SSSR count). The van der Waals surface area contributed by atoms with E-state index in [1.807, 2.05) is 0 Å². The van der Waals surface area contributed by atoms with Crippen molar-refractivity contribution in [2.75, 3.05) is 10.6 Å². The van der Waals surface area contributed by atoms with E-state index in [1.54, 1.807) is 84.9 Å². The summed E-state index contributed by atoms with van der Waals surface area (Å²) in [6.45, 7) is 0. The number of anilines is 2. The predicted octanol–water partition coefficient (Wildman–Crippen LogP) is 5.66. The average Bonchev–Trinajstić information content (AvgIpc) is 2.95. The third kappa shape index (κ3) is 7.62. The molecule has 0 aliphatic rings. The van der Waals surface area contributed by atoms with Crippen LogP contribution in [-0.4, -0.2) is 29.9 Å². The highest BCUT2D eigenvalue weighted by atomic mass is 79.9. The Morgan fingerprint density at radius 2 is 1.40 bits per heavy atom. The van der Waals surface area contributed by atoms with Crippen LogP contribution in [0.15, 0.2) is 107 Å². The SMILES string of the molecule is O=C(N/N=C\c1ccc(OC(=O)c2ccccc2Cl)cc1)C(=O)Nc1ccccc1C(=O)Nc1ccc(Br)cc1. The number of hydrazone groups is 1. The second kappa shape index (κ2) is 13.3. The number of nitrogens with one attached hydrogen (secondary N) is 3. The molecule has 0 radical (unpaired) electrons. The van der Waals surface area contributed by atoms with E-state index in [0.717, 1.165) is 4.47 Å². The number of ether oxygens (including phenoxy) is 1. The molecule has 0 aliphatic heterocycles. The van der Waals surface area contributed by atoms with Gasteiger partial charge in [-0.3, -0.25) is 14.4 Å². The molecule has 3 amide bonds. The normalized spacial score (nSPS) is 10.6. The second-order valence-corrected chi connectivity index (χ2v) is 9.42. The molecule has 4 aromatic carbocycles. The lowest BCUT2D eigenvalue weighted by Crippen LogP contribution is -2.33. The number of esters is 1. The van der Waals surface area contributed by atoms with Crippen LogP contribution in [0, 0.1) is 0 Å². The van der Waals surface area contributed by atoms with E-state index in [9.17, 15) is 19.2 Å². The molecular weight excluding hydrogens is 600 g/mol. The first-order valence-electron chi connectivity index (χ1n) is 11.7. The third-order valence-corrected chi connectivity index (χ3v) is 6.15. The summed E-state index contributed by atoms with van der Waals surface area (Å²) in [4.78, 5) is 49.7. The molecule has 0 heterocycles. The lowest BCUT2D eigenvalue weighted by molar-refractivity contribution is -0.136. The van der Waals surface area contributed by atoms with E-state index in [-0.39, 0.29) is 27.6 Å². The zero-order valence-electron chi connectivity index (χ0n) is 20.6. The molecule has 40 heavy (non-hydrogen) atoms. The van der Waals surface area contributed by atoms with Gasteiger partial charge < -0.3 is 15.4 Å². The Morgan fingerprint density at radius 3 is 2.10 bits per heavy atom. The molecule has 11 heteroatoms. The van der Waals surface area contributed by atoms with Crippen LogP contribution >= 0.6 is 27.5 Å². The number of nitrogens with zero attached hydrogens (tertiary/aromatic N) is 1. The minimum Gasteiger partial charge on any atom is -0.423 e. The molecule has 0 aromatic heterocycles. The van der Waals surface area contributed by atoms with Gasteiger partial charge in [-0.15, -0.1) is 0 Å². The van der Waals surface area contributed by atoms with E-state index >= 15 is 0 Å². The zero-order valence-corrected chi connectivity index (χ0v) is 22.9. The summed E-state index contributed by atoms with van der Waals surface area (Å²) in [6, 6.07) is 26.1. The van der Waals surface area contributed by atoms with Crippen LogP contribution < -0.4 is 20.8 Å². The number of benzene rings is 4. The van der Waals surface area contributed by atoms with Gasteiger partial charge in [0.2, 0.25) is 0 Å². The van der Waals surface area contributed by atoms with E-state index in [1.165, 1.54) is 18.3 Å². The molecule has 0 saturated carbocycles. The van der Waals surface area contributed by atoms with Gasteiger partial charge in [0.25, 0.3) is 5.91 Å². The molecular formula is C29H20BrClN4O5. The number of hydrogen-bond acceptors (Lipinski definition) is 6. The van der Waals surface area contributed by atoms with Crippen molar-refractivity contribution in [1.82, 2.24) is 5.43 Å². The molecule has 200 valence electrons. The van der Waals surface area contributed by atoms with Crippen LogP contribution in [0.2, 0.25) is 5.02 Å². The largest absolute Gasteiger partial charge is 0.423 e. The maximum Gasteiger partial charge on any atom is 0.345 e. The summed E-state index contributed by atoms with van der Waals surface area (Å²) < 4.78 is 6.17. The molecule has 4 aromatic rings.